The SMILES string of the molecule is O=Ic1cc(Cl)c(Cl)cc1Cl. The van der Waals surface area contributed by atoms with E-state index >= 15 is 0 Å². The minimum atomic E-state index is -1.27. The van der Waals surface area contributed by atoms with Crippen LogP contribution < -0.4 is 0 Å². The summed E-state index contributed by atoms with van der Waals surface area (Å²) in [5.41, 5.74) is 0. The van der Waals surface area contributed by atoms with E-state index in [0.29, 0.717) is 18.6 Å². The molecular weight excluding hydrogens is 321 g/mol. The molecule has 1 nitrogen and oxygen atoms in total. The van der Waals surface area contributed by atoms with E-state index < -0.39 is 21.2 Å². The van der Waals surface area contributed by atoms with Crippen molar-refractivity contribution < 1.29 is 3.07 Å². The van der Waals surface area contributed by atoms with E-state index in [1.165, 1.54) is 12.1 Å². The molecule has 0 radical (unpaired) electrons. The Labute approximate surface area is 89.3 Å². The van der Waals surface area contributed by atoms with Crippen LogP contribution in [0.25, 0.3) is 0 Å². The molecule has 0 aliphatic heterocycles. The predicted molar refractivity (Wildman–Crippen MR) is 54.9 cm³/mol. The first-order valence-electron chi connectivity index (χ1n) is 2.56. The molecule has 0 aromatic heterocycles. The molecule has 0 saturated heterocycles. The molecule has 1 aromatic carbocycles. The van der Waals surface area contributed by atoms with Gasteiger partial charge in [-0.3, -0.25) is 3.07 Å². The van der Waals surface area contributed by atoms with E-state index in [1.807, 2.05) is 0 Å². The van der Waals surface area contributed by atoms with Crippen LogP contribution >= 0.6 is 56.0 Å². The van der Waals surface area contributed by atoms with E-state index in [1.54, 1.807) is 0 Å². The third kappa shape index (κ3) is 2.28. The Morgan fingerprint density at radius 3 is 2.09 bits per heavy atom. The number of rotatable bonds is 1. The Kier molecular flexibility index (Phi) is 3.55. The summed E-state index contributed by atoms with van der Waals surface area (Å²) in [5, 5.41) is 1.20. The van der Waals surface area contributed by atoms with Crippen molar-refractivity contribution in [2.45, 2.75) is 0 Å². The van der Waals surface area contributed by atoms with Crippen molar-refractivity contribution in [2.75, 3.05) is 0 Å². The predicted octanol–water partition coefficient (Wildman–Crippen LogP) is 4.13. The van der Waals surface area contributed by atoms with Crippen molar-refractivity contribution >= 4 is 56.0 Å². The lowest BCUT2D eigenvalue weighted by Gasteiger charge is -1.97. The van der Waals surface area contributed by atoms with Crippen LogP contribution in [0, 0.1) is 3.57 Å². The van der Waals surface area contributed by atoms with Gasteiger partial charge < -0.3 is 0 Å². The fourth-order valence-corrected chi connectivity index (χ4v) is 2.29. The molecule has 0 amide bonds. The standard InChI is InChI=1S/C6H2Cl3IO/c7-3-1-5(9)6(10-11)2-4(3)8/h1-2H. The molecular formula is C6H2Cl3IO. The highest BCUT2D eigenvalue weighted by Gasteiger charge is 2.04. The number of halogens is 4. The minimum absolute atomic E-state index is 0.387. The van der Waals surface area contributed by atoms with Crippen molar-refractivity contribution in [3.63, 3.8) is 0 Å². The largest absolute Gasteiger partial charge is 0.265 e. The summed E-state index contributed by atoms with van der Waals surface area (Å²) in [6, 6.07) is 3.03. The third-order valence-electron chi connectivity index (χ3n) is 1.05. The summed E-state index contributed by atoms with van der Waals surface area (Å²) in [6.07, 6.45) is 0. The second kappa shape index (κ2) is 4.03. The van der Waals surface area contributed by atoms with Crippen LogP contribution in [0.15, 0.2) is 12.1 Å². The lowest BCUT2D eigenvalue weighted by atomic mass is 10.4. The van der Waals surface area contributed by atoms with Gasteiger partial charge in [-0.2, -0.15) is 0 Å². The zero-order chi connectivity index (χ0) is 8.43. The summed E-state index contributed by atoms with van der Waals surface area (Å²) < 4.78 is 11.1. The van der Waals surface area contributed by atoms with Crippen LogP contribution in [0.3, 0.4) is 0 Å². The highest BCUT2D eigenvalue weighted by atomic mass is 127. The van der Waals surface area contributed by atoms with Gasteiger partial charge in [0, 0.05) is 0 Å². The second-order valence-electron chi connectivity index (χ2n) is 1.76. The monoisotopic (exact) mass is 322 g/mol. The van der Waals surface area contributed by atoms with Crippen molar-refractivity contribution in [1.29, 1.82) is 0 Å². The van der Waals surface area contributed by atoms with E-state index in [0.717, 1.165) is 0 Å². The quantitative estimate of drug-likeness (QED) is 0.561. The molecule has 0 fully saturated rings. The fourth-order valence-electron chi connectivity index (χ4n) is 0.557. The van der Waals surface area contributed by atoms with Gasteiger partial charge in [0.2, 0.25) is 0 Å². The molecule has 0 saturated carbocycles. The summed E-state index contributed by atoms with van der Waals surface area (Å²) in [4.78, 5) is 0. The Morgan fingerprint density at radius 1 is 1.00 bits per heavy atom. The van der Waals surface area contributed by atoms with Crippen LogP contribution in [0.2, 0.25) is 15.1 Å². The summed E-state index contributed by atoms with van der Waals surface area (Å²) in [5.74, 6) is 0. The van der Waals surface area contributed by atoms with Crippen molar-refractivity contribution in [3.05, 3.63) is 30.8 Å². The molecule has 0 unspecified atom stereocenters. The van der Waals surface area contributed by atoms with Crippen molar-refractivity contribution in [1.82, 2.24) is 0 Å². The van der Waals surface area contributed by atoms with Crippen LogP contribution in [0.4, 0.5) is 0 Å². The zero-order valence-electron chi connectivity index (χ0n) is 5.07. The smallest absolute Gasteiger partial charge is 0.183 e. The summed E-state index contributed by atoms with van der Waals surface area (Å²) >= 11 is 15.7. The maximum Gasteiger partial charge on any atom is 0.183 e. The summed E-state index contributed by atoms with van der Waals surface area (Å²) in [6.45, 7) is 0. The van der Waals surface area contributed by atoms with Gasteiger partial charge in [-0.25, -0.2) is 0 Å². The van der Waals surface area contributed by atoms with Crippen LogP contribution in [-0.4, -0.2) is 0 Å². The summed E-state index contributed by atoms with van der Waals surface area (Å²) in [7, 11) is 0. The first-order valence-corrected chi connectivity index (χ1v) is 5.66. The van der Waals surface area contributed by atoms with Gasteiger partial charge in [0.05, 0.1) is 18.6 Å². The highest BCUT2D eigenvalue weighted by molar-refractivity contribution is 14.1. The molecule has 0 spiro atoms. The molecule has 0 heterocycles. The van der Waals surface area contributed by atoms with Gasteiger partial charge in [-0.15, -0.1) is 0 Å². The average molecular weight is 323 g/mol. The lowest BCUT2D eigenvalue weighted by Crippen LogP contribution is -1.75. The van der Waals surface area contributed by atoms with Crippen LogP contribution in [-0.2, 0) is 3.07 Å². The van der Waals surface area contributed by atoms with Gasteiger partial charge in [0.15, 0.2) is 21.2 Å². The average Bonchev–Trinajstić information content (AvgIpc) is 1.97. The molecule has 1 rings (SSSR count). The van der Waals surface area contributed by atoms with Crippen LogP contribution in [0.5, 0.6) is 0 Å². The Bertz CT molecular complexity index is 300. The van der Waals surface area contributed by atoms with Gasteiger partial charge in [-0.1, -0.05) is 34.8 Å². The molecule has 11 heavy (non-hydrogen) atoms. The van der Waals surface area contributed by atoms with E-state index in [-0.39, 0.29) is 0 Å². The zero-order valence-corrected chi connectivity index (χ0v) is 9.50. The lowest BCUT2D eigenvalue weighted by molar-refractivity contribution is 0.648. The van der Waals surface area contributed by atoms with Crippen LogP contribution in [0.1, 0.15) is 0 Å². The van der Waals surface area contributed by atoms with Gasteiger partial charge >= 0.3 is 0 Å². The van der Waals surface area contributed by atoms with Crippen molar-refractivity contribution in [2.24, 2.45) is 0 Å². The van der Waals surface area contributed by atoms with E-state index in [9.17, 15) is 3.07 Å². The normalized spacial score (nSPS) is 10.1. The molecule has 0 aliphatic carbocycles. The first kappa shape index (κ1) is 9.71. The Morgan fingerprint density at radius 2 is 1.55 bits per heavy atom. The molecule has 0 bridgehead atoms. The maximum atomic E-state index is 10.5. The van der Waals surface area contributed by atoms with Gasteiger partial charge in [0.1, 0.15) is 0 Å². The van der Waals surface area contributed by atoms with E-state index in [4.69, 9.17) is 34.8 Å². The van der Waals surface area contributed by atoms with Crippen molar-refractivity contribution in [3.8, 4) is 0 Å². The molecule has 0 aliphatic rings. The number of hydrogen-bond acceptors (Lipinski definition) is 1. The minimum Gasteiger partial charge on any atom is -0.265 e. The molecule has 60 valence electrons. The third-order valence-corrected chi connectivity index (χ3v) is 3.77. The van der Waals surface area contributed by atoms with Gasteiger partial charge in [0.25, 0.3) is 0 Å². The Balaban J connectivity index is 3.31. The molecule has 0 atom stereocenters. The second-order valence-corrected chi connectivity index (χ2v) is 4.58. The number of benzene rings is 1. The topological polar surface area (TPSA) is 17.1 Å². The van der Waals surface area contributed by atoms with E-state index in [2.05, 4.69) is 0 Å². The maximum absolute atomic E-state index is 10.5. The fraction of sp³-hybridized carbons (Fsp3) is 0. The highest BCUT2D eigenvalue weighted by Crippen LogP contribution is 2.30. The molecule has 5 heteroatoms. The molecule has 1 aromatic rings. The Hall–Kier alpha value is 0.620. The number of hydrogen-bond donors (Lipinski definition) is 0. The van der Waals surface area contributed by atoms with Gasteiger partial charge in [-0.05, 0) is 12.1 Å². The molecule has 0 N–H and O–H groups in total. The first-order chi connectivity index (χ1) is 5.15.